The second kappa shape index (κ2) is 7.34. The summed E-state index contributed by atoms with van der Waals surface area (Å²) in [5, 5.41) is -0.0260. The average Bonchev–Trinajstić information content (AvgIpc) is 2.38. The molecule has 0 saturated carbocycles. The Morgan fingerprint density at radius 1 is 1.50 bits per heavy atom. The smallest absolute Gasteiger partial charge is 0.261 e. The lowest BCUT2D eigenvalue weighted by Crippen LogP contribution is -2.31. The van der Waals surface area contributed by atoms with Crippen LogP contribution >= 0.6 is 34.2 Å². The Morgan fingerprint density at radius 2 is 2.10 bits per heavy atom. The topological polar surface area (TPSA) is 74.7 Å². The van der Waals surface area contributed by atoms with Crippen molar-refractivity contribution in [3.05, 3.63) is 26.5 Å². The van der Waals surface area contributed by atoms with Crippen molar-refractivity contribution in [2.24, 2.45) is 0 Å². The van der Waals surface area contributed by atoms with Crippen LogP contribution in [0.1, 0.15) is 6.92 Å². The van der Waals surface area contributed by atoms with E-state index in [-0.39, 0.29) is 32.3 Å². The Morgan fingerprint density at radius 3 is 2.60 bits per heavy atom. The molecular formula is C10H12ClFINO4S2. The van der Waals surface area contributed by atoms with E-state index in [1.165, 1.54) is 13.0 Å². The Labute approximate surface area is 138 Å². The number of halogens is 3. The predicted molar refractivity (Wildman–Crippen MR) is 86.6 cm³/mol. The van der Waals surface area contributed by atoms with Gasteiger partial charge in [0.2, 0.25) is 0 Å². The zero-order valence-corrected chi connectivity index (χ0v) is 14.9. The monoisotopic (exact) mass is 455 g/mol. The lowest BCUT2D eigenvalue weighted by atomic mass is 10.3. The van der Waals surface area contributed by atoms with Gasteiger partial charge in [0.05, 0.1) is 20.0 Å². The average molecular weight is 456 g/mol. The molecule has 20 heavy (non-hydrogen) atoms. The molecule has 0 saturated heterocycles. The first-order valence-corrected chi connectivity index (χ1v) is 9.76. The largest absolute Gasteiger partial charge is 0.289 e. The standard InChI is InChI=1S/C10H12ClFINO4S2/c1-2-20(17,18)6-5-14(19(15)16)8-4-3-7(12)10(13)9(8)11/h3-4H,2,5-6H2,1H3,(H,15,16). The van der Waals surface area contributed by atoms with Crippen LogP contribution in [0.25, 0.3) is 0 Å². The molecule has 0 bridgehead atoms. The van der Waals surface area contributed by atoms with Crippen LogP contribution < -0.4 is 4.31 Å². The maximum atomic E-state index is 13.3. The van der Waals surface area contributed by atoms with Gasteiger partial charge in [0, 0.05) is 12.3 Å². The highest BCUT2D eigenvalue weighted by Crippen LogP contribution is 2.32. The van der Waals surface area contributed by atoms with E-state index in [4.69, 9.17) is 11.6 Å². The van der Waals surface area contributed by atoms with Crippen LogP contribution in [0.4, 0.5) is 10.1 Å². The summed E-state index contributed by atoms with van der Waals surface area (Å²) in [4.78, 5) is 0. The SMILES string of the molecule is CCS(=O)(=O)CCN(c1ccc(F)c(I)c1Cl)S(=O)O. The van der Waals surface area contributed by atoms with Gasteiger partial charge in [-0.25, -0.2) is 17.0 Å². The molecule has 0 heterocycles. The Kier molecular flexibility index (Phi) is 6.64. The van der Waals surface area contributed by atoms with Gasteiger partial charge in [-0.3, -0.25) is 8.86 Å². The van der Waals surface area contributed by atoms with Gasteiger partial charge in [0.1, 0.15) is 5.82 Å². The molecule has 1 N–H and O–H groups in total. The van der Waals surface area contributed by atoms with Gasteiger partial charge in [-0.05, 0) is 34.7 Å². The van der Waals surface area contributed by atoms with Crippen molar-refractivity contribution in [2.45, 2.75) is 6.92 Å². The van der Waals surface area contributed by atoms with E-state index in [1.54, 1.807) is 22.6 Å². The second-order valence-electron chi connectivity index (χ2n) is 3.76. The van der Waals surface area contributed by atoms with Crippen LogP contribution in [0.5, 0.6) is 0 Å². The highest BCUT2D eigenvalue weighted by atomic mass is 127. The maximum Gasteiger partial charge on any atom is 0.261 e. The molecule has 1 rings (SSSR count). The summed E-state index contributed by atoms with van der Waals surface area (Å²) in [7, 11) is -3.29. The zero-order chi connectivity index (χ0) is 15.5. The number of anilines is 1. The molecule has 0 radical (unpaired) electrons. The number of hydrogen-bond donors (Lipinski definition) is 1. The number of hydrogen-bond acceptors (Lipinski definition) is 3. The second-order valence-corrected chi connectivity index (χ2v) is 8.60. The Balaban J connectivity index is 3.10. The van der Waals surface area contributed by atoms with Crippen molar-refractivity contribution in [3.8, 4) is 0 Å². The van der Waals surface area contributed by atoms with Gasteiger partial charge < -0.3 is 0 Å². The summed E-state index contributed by atoms with van der Waals surface area (Å²) in [6.45, 7) is 1.28. The molecule has 5 nitrogen and oxygen atoms in total. The summed E-state index contributed by atoms with van der Waals surface area (Å²) in [5.74, 6) is -0.905. The molecule has 0 spiro atoms. The first-order valence-electron chi connectivity index (χ1n) is 5.42. The quantitative estimate of drug-likeness (QED) is 0.406. The molecule has 1 aromatic carbocycles. The molecule has 114 valence electrons. The molecule has 10 heteroatoms. The third-order valence-corrected chi connectivity index (χ3v) is 6.71. The van der Waals surface area contributed by atoms with Crippen LogP contribution in [0.2, 0.25) is 5.02 Å². The van der Waals surface area contributed by atoms with E-state index in [1.807, 2.05) is 0 Å². The molecule has 1 unspecified atom stereocenters. The summed E-state index contributed by atoms with van der Waals surface area (Å²) in [6, 6.07) is 2.35. The predicted octanol–water partition coefficient (Wildman–Crippen LogP) is 2.46. The van der Waals surface area contributed by atoms with Crippen molar-refractivity contribution < 1.29 is 21.6 Å². The summed E-state index contributed by atoms with van der Waals surface area (Å²) in [5.41, 5.74) is 0.115. The van der Waals surface area contributed by atoms with E-state index in [0.717, 1.165) is 10.4 Å². The number of nitrogens with zero attached hydrogens (tertiary/aromatic N) is 1. The minimum Gasteiger partial charge on any atom is -0.289 e. The van der Waals surface area contributed by atoms with Crippen molar-refractivity contribution in [1.82, 2.24) is 0 Å². The Bertz CT molecular complexity index is 626. The van der Waals surface area contributed by atoms with Gasteiger partial charge in [-0.2, -0.15) is 0 Å². The van der Waals surface area contributed by atoms with Crippen molar-refractivity contribution in [2.75, 3.05) is 22.4 Å². The summed E-state index contributed by atoms with van der Waals surface area (Å²) >= 11 is 5.15. The Hall–Kier alpha value is 0.0300. The third kappa shape index (κ3) is 4.52. The highest BCUT2D eigenvalue weighted by Gasteiger charge is 2.21. The van der Waals surface area contributed by atoms with Crippen LogP contribution in [0, 0.1) is 9.39 Å². The molecule has 1 aromatic rings. The molecular weight excluding hydrogens is 444 g/mol. The molecule has 0 fully saturated rings. The number of benzene rings is 1. The first-order chi connectivity index (χ1) is 9.19. The van der Waals surface area contributed by atoms with E-state index in [2.05, 4.69) is 0 Å². The van der Waals surface area contributed by atoms with E-state index >= 15 is 0 Å². The van der Waals surface area contributed by atoms with Gasteiger partial charge in [-0.1, -0.05) is 18.5 Å². The van der Waals surface area contributed by atoms with Gasteiger partial charge in [-0.15, -0.1) is 0 Å². The highest BCUT2D eigenvalue weighted by molar-refractivity contribution is 14.1. The van der Waals surface area contributed by atoms with E-state index in [0.29, 0.717) is 0 Å². The fraction of sp³-hybridized carbons (Fsp3) is 0.400. The molecule has 0 aliphatic rings. The minimum absolute atomic E-state index is 0.0260. The number of rotatable bonds is 6. The summed E-state index contributed by atoms with van der Waals surface area (Å²) < 4.78 is 57.9. The van der Waals surface area contributed by atoms with E-state index in [9.17, 15) is 21.6 Å². The van der Waals surface area contributed by atoms with Crippen molar-refractivity contribution in [1.29, 1.82) is 0 Å². The fourth-order valence-electron chi connectivity index (χ4n) is 1.36. The van der Waals surface area contributed by atoms with Gasteiger partial charge in [0.15, 0.2) is 9.84 Å². The fourth-order valence-corrected chi connectivity index (χ4v) is 3.55. The third-order valence-electron chi connectivity index (χ3n) is 2.52. The van der Waals surface area contributed by atoms with Crippen LogP contribution in [-0.4, -0.2) is 35.2 Å². The maximum absolute atomic E-state index is 13.3. The van der Waals surface area contributed by atoms with Gasteiger partial charge >= 0.3 is 0 Å². The summed E-state index contributed by atoms with van der Waals surface area (Å²) in [6.07, 6.45) is 0. The molecule has 0 aliphatic carbocycles. The normalized spacial score (nSPS) is 13.2. The zero-order valence-electron chi connectivity index (χ0n) is 10.3. The molecule has 1 atom stereocenters. The number of sulfone groups is 1. The lowest BCUT2D eigenvalue weighted by molar-refractivity contribution is 0.559. The lowest BCUT2D eigenvalue weighted by Gasteiger charge is -2.21. The van der Waals surface area contributed by atoms with Gasteiger partial charge in [0.25, 0.3) is 11.3 Å². The molecule has 0 amide bonds. The van der Waals surface area contributed by atoms with Crippen LogP contribution in [0.3, 0.4) is 0 Å². The van der Waals surface area contributed by atoms with Crippen molar-refractivity contribution in [3.63, 3.8) is 0 Å². The minimum atomic E-state index is -3.29. The van der Waals surface area contributed by atoms with Crippen molar-refractivity contribution >= 4 is 61.0 Å². The molecule has 0 aliphatic heterocycles. The first kappa shape index (κ1) is 18.1. The van der Waals surface area contributed by atoms with E-state index < -0.39 is 26.9 Å². The van der Waals surface area contributed by atoms with Crippen LogP contribution in [0.15, 0.2) is 12.1 Å². The van der Waals surface area contributed by atoms with Crippen LogP contribution in [-0.2, 0) is 21.1 Å². The molecule has 0 aromatic heterocycles.